The summed E-state index contributed by atoms with van der Waals surface area (Å²) in [5.41, 5.74) is 7.57. The Morgan fingerprint density at radius 2 is 1.29 bits per heavy atom. The lowest BCUT2D eigenvalue weighted by atomic mass is 9.69. The van der Waals surface area contributed by atoms with Gasteiger partial charge in [-0.2, -0.15) is 0 Å². The second-order valence-electron chi connectivity index (χ2n) is 10.3. The maximum atomic E-state index is 2.54. The standard InChI is InChI=1S/C28H36/c1-27(2,3)24-19-17-22(18-20-24)25(21-13-9-7-10-14-21)26(28(4,5)6)23-15-11-8-12-16-23/h7-17,24H,18-20H2,1-6H3. The van der Waals surface area contributed by atoms with Gasteiger partial charge in [0, 0.05) is 0 Å². The van der Waals surface area contributed by atoms with Gasteiger partial charge in [0.15, 0.2) is 0 Å². The summed E-state index contributed by atoms with van der Waals surface area (Å²) >= 11 is 0. The number of hydrogen-bond donors (Lipinski definition) is 0. The van der Waals surface area contributed by atoms with Crippen LogP contribution in [-0.4, -0.2) is 0 Å². The van der Waals surface area contributed by atoms with Crippen molar-refractivity contribution in [2.75, 3.05) is 0 Å². The molecule has 1 aliphatic carbocycles. The van der Waals surface area contributed by atoms with Crippen LogP contribution >= 0.6 is 0 Å². The Morgan fingerprint density at radius 1 is 0.750 bits per heavy atom. The molecule has 0 bridgehead atoms. The molecule has 0 aliphatic heterocycles. The molecular formula is C28H36. The van der Waals surface area contributed by atoms with Crippen molar-refractivity contribution in [2.45, 2.75) is 60.8 Å². The Hall–Kier alpha value is -2.08. The highest BCUT2D eigenvalue weighted by Crippen LogP contribution is 2.47. The van der Waals surface area contributed by atoms with Gasteiger partial charge in [-0.1, -0.05) is 108 Å². The summed E-state index contributed by atoms with van der Waals surface area (Å²) in [6.45, 7) is 14.2. The fourth-order valence-corrected chi connectivity index (χ4v) is 4.50. The van der Waals surface area contributed by atoms with Gasteiger partial charge < -0.3 is 0 Å². The van der Waals surface area contributed by atoms with Crippen molar-refractivity contribution < 1.29 is 0 Å². The highest BCUT2D eigenvalue weighted by molar-refractivity contribution is 5.99. The Kier molecular flexibility index (Phi) is 5.98. The van der Waals surface area contributed by atoms with Gasteiger partial charge in [-0.15, -0.1) is 0 Å². The Balaban J connectivity index is 2.20. The van der Waals surface area contributed by atoms with Crippen molar-refractivity contribution in [1.82, 2.24) is 0 Å². The Labute approximate surface area is 172 Å². The van der Waals surface area contributed by atoms with Crippen LogP contribution in [0.2, 0.25) is 0 Å². The van der Waals surface area contributed by atoms with E-state index < -0.39 is 0 Å². The second kappa shape index (κ2) is 8.11. The van der Waals surface area contributed by atoms with E-state index in [-0.39, 0.29) is 5.41 Å². The summed E-state index contributed by atoms with van der Waals surface area (Å²) < 4.78 is 0. The molecule has 2 aromatic rings. The third-order valence-corrected chi connectivity index (χ3v) is 6.08. The Morgan fingerprint density at radius 3 is 1.71 bits per heavy atom. The smallest absolute Gasteiger partial charge is 0.0112 e. The maximum Gasteiger partial charge on any atom is -0.0112 e. The fourth-order valence-electron chi connectivity index (χ4n) is 4.50. The van der Waals surface area contributed by atoms with Crippen LogP contribution in [0, 0.1) is 16.7 Å². The molecule has 1 aliphatic rings. The number of rotatable bonds is 3. The molecule has 0 saturated heterocycles. The molecule has 0 N–H and O–H groups in total. The van der Waals surface area contributed by atoms with E-state index in [2.05, 4.69) is 108 Å². The van der Waals surface area contributed by atoms with Crippen molar-refractivity contribution in [3.63, 3.8) is 0 Å². The molecule has 0 spiro atoms. The zero-order chi connectivity index (χ0) is 20.4. The van der Waals surface area contributed by atoms with Gasteiger partial charge in [0.2, 0.25) is 0 Å². The lowest BCUT2D eigenvalue weighted by Crippen LogP contribution is -2.22. The first kappa shape index (κ1) is 20.6. The average molecular weight is 373 g/mol. The molecule has 0 heteroatoms. The van der Waals surface area contributed by atoms with Gasteiger partial charge in [0.1, 0.15) is 0 Å². The van der Waals surface area contributed by atoms with Crippen molar-refractivity contribution in [2.24, 2.45) is 16.7 Å². The molecule has 0 saturated carbocycles. The van der Waals surface area contributed by atoms with Crippen LogP contribution in [0.3, 0.4) is 0 Å². The van der Waals surface area contributed by atoms with Crippen molar-refractivity contribution in [3.8, 4) is 0 Å². The lowest BCUT2D eigenvalue weighted by molar-refractivity contribution is 0.222. The van der Waals surface area contributed by atoms with E-state index in [1.54, 1.807) is 0 Å². The van der Waals surface area contributed by atoms with Crippen LogP contribution in [0.15, 0.2) is 72.3 Å². The lowest BCUT2D eigenvalue weighted by Gasteiger charge is -2.35. The summed E-state index contributed by atoms with van der Waals surface area (Å²) in [6.07, 6.45) is 6.16. The molecule has 0 heterocycles. The zero-order valence-electron chi connectivity index (χ0n) is 18.5. The molecular weight excluding hydrogens is 336 g/mol. The highest BCUT2D eigenvalue weighted by atomic mass is 14.3. The maximum absolute atomic E-state index is 2.54. The van der Waals surface area contributed by atoms with E-state index in [0.29, 0.717) is 5.41 Å². The fraction of sp³-hybridized carbons (Fsp3) is 0.429. The molecule has 3 rings (SSSR count). The van der Waals surface area contributed by atoms with Crippen LogP contribution in [0.25, 0.3) is 11.1 Å². The third-order valence-electron chi connectivity index (χ3n) is 6.08. The SMILES string of the molecule is CC(C)(C)C(=C(C1=CCC(C(C)(C)C)CC1)c1ccccc1)c1ccccc1. The van der Waals surface area contributed by atoms with E-state index in [0.717, 1.165) is 5.92 Å². The topological polar surface area (TPSA) is 0 Å². The van der Waals surface area contributed by atoms with E-state index in [1.807, 2.05) is 0 Å². The first-order valence-corrected chi connectivity index (χ1v) is 10.7. The molecule has 1 unspecified atom stereocenters. The average Bonchev–Trinajstić information content (AvgIpc) is 2.66. The van der Waals surface area contributed by atoms with Crippen LogP contribution in [0.4, 0.5) is 0 Å². The summed E-state index contributed by atoms with van der Waals surface area (Å²) in [5.74, 6) is 0.767. The monoisotopic (exact) mass is 372 g/mol. The minimum Gasteiger partial charge on any atom is -0.0804 e. The first-order valence-electron chi connectivity index (χ1n) is 10.7. The molecule has 2 aromatic carbocycles. The van der Waals surface area contributed by atoms with E-state index in [1.165, 1.54) is 47.1 Å². The highest BCUT2D eigenvalue weighted by Gasteiger charge is 2.30. The van der Waals surface area contributed by atoms with E-state index in [9.17, 15) is 0 Å². The van der Waals surface area contributed by atoms with Gasteiger partial charge in [-0.05, 0) is 63.9 Å². The van der Waals surface area contributed by atoms with Crippen LogP contribution in [0.5, 0.6) is 0 Å². The summed E-state index contributed by atoms with van der Waals surface area (Å²) in [6, 6.07) is 22.0. The zero-order valence-corrected chi connectivity index (χ0v) is 18.5. The van der Waals surface area contributed by atoms with Crippen LogP contribution in [-0.2, 0) is 0 Å². The molecule has 0 radical (unpaired) electrons. The van der Waals surface area contributed by atoms with Gasteiger partial charge in [0.05, 0.1) is 0 Å². The van der Waals surface area contributed by atoms with Gasteiger partial charge in [-0.25, -0.2) is 0 Å². The van der Waals surface area contributed by atoms with E-state index in [4.69, 9.17) is 0 Å². The van der Waals surface area contributed by atoms with Gasteiger partial charge >= 0.3 is 0 Å². The predicted octanol–water partition coefficient (Wildman–Crippen LogP) is 8.42. The quantitative estimate of drug-likeness (QED) is 0.474. The van der Waals surface area contributed by atoms with E-state index >= 15 is 0 Å². The molecule has 148 valence electrons. The second-order valence-corrected chi connectivity index (χ2v) is 10.3. The minimum absolute atomic E-state index is 0.0637. The summed E-state index contributed by atoms with van der Waals surface area (Å²) in [7, 11) is 0. The first-order chi connectivity index (χ1) is 13.2. The largest absolute Gasteiger partial charge is 0.0804 e. The number of benzene rings is 2. The molecule has 0 amide bonds. The number of hydrogen-bond acceptors (Lipinski definition) is 0. The van der Waals surface area contributed by atoms with Crippen LogP contribution < -0.4 is 0 Å². The minimum atomic E-state index is 0.0637. The molecule has 0 fully saturated rings. The molecule has 28 heavy (non-hydrogen) atoms. The predicted molar refractivity (Wildman–Crippen MR) is 124 cm³/mol. The van der Waals surface area contributed by atoms with Crippen LogP contribution in [0.1, 0.15) is 71.9 Å². The Bertz CT molecular complexity index is 836. The molecule has 1 atom stereocenters. The summed E-state index contributed by atoms with van der Waals surface area (Å²) in [4.78, 5) is 0. The molecule has 0 nitrogen and oxygen atoms in total. The van der Waals surface area contributed by atoms with Crippen molar-refractivity contribution >= 4 is 11.1 Å². The molecule has 0 aromatic heterocycles. The van der Waals surface area contributed by atoms with Crippen molar-refractivity contribution in [3.05, 3.63) is 83.4 Å². The van der Waals surface area contributed by atoms with Gasteiger partial charge in [0.25, 0.3) is 0 Å². The third kappa shape index (κ3) is 4.66. The normalized spacial score (nSPS) is 19.1. The van der Waals surface area contributed by atoms with Crippen molar-refractivity contribution in [1.29, 1.82) is 0 Å². The number of allylic oxidation sites excluding steroid dienone is 4. The summed E-state index contributed by atoms with van der Waals surface area (Å²) in [5, 5.41) is 0. The van der Waals surface area contributed by atoms with Gasteiger partial charge in [-0.3, -0.25) is 0 Å².